The summed E-state index contributed by atoms with van der Waals surface area (Å²) in [5.74, 6) is 0. The minimum Gasteiger partial charge on any atom is -0.207 e. The summed E-state index contributed by atoms with van der Waals surface area (Å²) in [7, 11) is -4.24. The van der Waals surface area contributed by atoms with Gasteiger partial charge < -0.3 is 0 Å². The first kappa shape index (κ1) is 18.0. The molecular formula is C14H20F3NO2S. The van der Waals surface area contributed by atoms with Crippen molar-refractivity contribution in [3.63, 3.8) is 0 Å². The molecule has 0 bridgehead atoms. The minimum atomic E-state index is -4.72. The number of hydrogen-bond acceptors (Lipinski definition) is 2. The molecule has 0 spiro atoms. The number of benzene rings is 1. The number of nitrogens with one attached hydrogen (secondary N) is 1. The van der Waals surface area contributed by atoms with E-state index in [1.54, 1.807) is 27.7 Å². The van der Waals surface area contributed by atoms with Gasteiger partial charge in [0.1, 0.15) is 0 Å². The average molecular weight is 323 g/mol. The Morgan fingerprint density at radius 1 is 1.14 bits per heavy atom. The van der Waals surface area contributed by atoms with Gasteiger partial charge in [0.15, 0.2) is 0 Å². The molecule has 0 amide bonds. The van der Waals surface area contributed by atoms with Crippen molar-refractivity contribution >= 4 is 10.0 Å². The fourth-order valence-corrected chi connectivity index (χ4v) is 3.44. The van der Waals surface area contributed by atoms with E-state index in [1.807, 2.05) is 0 Å². The maximum atomic E-state index is 13.1. The van der Waals surface area contributed by atoms with Crippen molar-refractivity contribution in [1.82, 2.24) is 4.72 Å². The van der Waals surface area contributed by atoms with Gasteiger partial charge in [-0.15, -0.1) is 0 Å². The molecule has 1 aromatic carbocycles. The lowest BCUT2D eigenvalue weighted by molar-refractivity contribution is -0.139. The van der Waals surface area contributed by atoms with Crippen molar-refractivity contribution in [2.45, 2.75) is 57.1 Å². The van der Waals surface area contributed by atoms with Crippen molar-refractivity contribution < 1.29 is 21.6 Å². The van der Waals surface area contributed by atoms with Crippen LogP contribution >= 0.6 is 0 Å². The smallest absolute Gasteiger partial charge is 0.207 e. The molecule has 0 saturated carbocycles. The molecule has 21 heavy (non-hydrogen) atoms. The van der Waals surface area contributed by atoms with E-state index in [4.69, 9.17) is 0 Å². The maximum absolute atomic E-state index is 13.1. The first-order chi connectivity index (χ1) is 9.43. The fraction of sp³-hybridized carbons (Fsp3) is 0.571. The van der Waals surface area contributed by atoms with E-state index in [0.717, 1.165) is 12.1 Å². The summed E-state index contributed by atoms with van der Waals surface area (Å²) in [4.78, 5) is -0.728. The van der Waals surface area contributed by atoms with Crippen LogP contribution in [-0.2, 0) is 22.6 Å². The van der Waals surface area contributed by atoms with Crippen LogP contribution in [0.1, 0.15) is 45.2 Å². The molecule has 0 heterocycles. The van der Waals surface area contributed by atoms with Crippen LogP contribution in [-0.4, -0.2) is 14.0 Å². The Morgan fingerprint density at radius 3 is 2.14 bits per heavy atom. The van der Waals surface area contributed by atoms with Crippen molar-refractivity contribution in [2.24, 2.45) is 0 Å². The Balaban J connectivity index is 3.42. The molecule has 1 N–H and O–H groups in total. The predicted molar refractivity (Wildman–Crippen MR) is 75.5 cm³/mol. The number of halogens is 3. The molecule has 1 aromatic rings. The minimum absolute atomic E-state index is 0.400. The molecule has 0 aliphatic rings. The Labute approximate surface area is 123 Å². The van der Waals surface area contributed by atoms with Crippen molar-refractivity contribution in [3.8, 4) is 0 Å². The van der Waals surface area contributed by atoms with E-state index < -0.39 is 32.2 Å². The predicted octanol–water partition coefficient (Wildman–Crippen LogP) is 3.73. The first-order valence-electron chi connectivity index (χ1n) is 6.67. The van der Waals surface area contributed by atoms with Gasteiger partial charge in [-0.3, -0.25) is 0 Å². The summed E-state index contributed by atoms with van der Waals surface area (Å²) in [6.45, 7) is 6.71. The SMILES string of the molecule is CCc1ccc(S(=O)(=O)NC(C)(C)CC)c(C(F)(F)F)c1. The summed E-state index contributed by atoms with van der Waals surface area (Å²) in [6, 6.07) is 3.33. The Kier molecular flexibility index (Phi) is 5.10. The van der Waals surface area contributed by atoms with E-state index in [1.165, 1.54) is 6.07 Å². The molecule has 1 rings (SSSR count). The van der Waals surface area contributed by atoms with Crippen molar-refractivity contribution in [1.29, 1.82) is 0 Å². The van der Waals surface area contributed by atoms with Crippen LogP contribution in [0.3, 0.4) is 0 Å². The Bertz CT molecular complexity index is 607. The molecule has 7 heteroatoms. The zero-order chi connectivity index (χ0) is 16.5. The highest BCUT2D eigenvalue weighted by Gasteiger charge is 2.38. The molecule has 0 aromatic heterocycles. The normalized spacial score (nSPS) is 13.5. The molecule has 0 fully saturated rings. The summed E-state index contributed by atoms with van der Waals surface area (Å²) in [5.41, 5.74) is -1.50. The van der Waals surface area contributed by atoms with Crippen LogP contribution in [0, 0.1) is 0 Å². The highest BCUT2D eigenvalue weighted by molar-refractivity contribution is 7.89. The van der Waals surface area contributed by atoms with Crippen LogP contribution < -0.4 is 4.72 Å². The number of alkyl halides is 3. The number of sulfonamides is 1. The highest BCUT2D eigenvalue weighted by atomic mass is 32.2. The highest BCUT2D eigenvalue weighted by Crippen LogP contribution is 2.35. The average Bonchev–Trinajstić information content (AvgIpc) is 2.35. The van der Waals surface area contributed by atoms with Crippen LogP contribution in [0.5, 0.6) is 0 Å². The number of aryl methyl sites for hydroxylation is 1. The van der Waals surface area contributed by atoms with Crippen LogP contribution in [0.15, 0.2) is 23.1 Å². The second kappa shape index (κ2) is 5.96. The standard InChI is InChI=1S/C14H20F3NO2S/c1-5-10-7-8-12(11(9-10)14(15,16)17)21(19,20)18-13(3,4)6-2/h7-9,18H,5-6H2,1-4H3. The fourth-order valence-electron chi connectivity index (χ4n) is 1.74. The topological polar surface area (TPSA) is 46.2 Å². The largest absolute Gasteiger partial charge is 0.417 e. The van der Waals surface area contributed by atoms with Gasteiger partial charge in [-0.1, -0.05) is 19.9 Å². The summed E-state index contributed by atoms with van der Waals surface area (Å²) >= 11 is 0. The van der Waals surface area contributed by atoms with E-state index in [-0.39, 0.29) is 0 Å². The zero-order valence-electron chi connectivity index (χ0n) is 12.5. The Morgan fingerprint density at radius 2 is 1.71 bits per heavy atom. The van der Waals surface area contributed by atoms with Crippen LogP contribution in [0.25, 0.3) is 0 Å². The van der Waals surface area contributed by atoms with Gasteiger partial charge in [-0.2, -0.15) is 13.2 Å². The number of hydrogen-bond donors (Lipinski definition) is 1. The molecule has 0 radical (unpaired) electrons. The maximum Gasteiger partial charge on any atom is 0.417 e. The van der Waals surface area contributed by atoms with E-state index >= 15 is 0 Å². The van der Waals surface area contributed by atoms with Gasteiger partial charge >= 0.3 is 6.18 Å². The van der Waals surface area contributed by atoms with E-state index in [9.17, 15) is 21.6 Å². The molecule has 0 atom stereocenters. The van der Waals surface area contributed by atoms with Crippen LogP contribution in [0.2, 0.25) is 0 Å². The van der Waals surface area contributed by atoms with E-state index in [0.29, 0.717) is 18.4 Å². The van der Waals surface area contributed by atoms with E-state index in [2.05, 4.69) is 4.72 Å². The van der Waals surface area contributed by atoms with Crippen molar-refractivity contribution in [2.75, 3.05) is 0 Å². The third kappa shape index (κ3) is 4.44. The molecule has 0 aliphatic carbocycles. The van der Waals surface area contributed by atoms with Crippen molar-refractivity contribution in [3.05, 3.63) is 29.3 Å². The van der Waals surface area contributed by atoms with Gasteiger partial charge in [0.05, 0.1) is 10.5 Å². The van der Waals surface area contributed by atoms with Gasteiger partial charge in [-0.25, -0.2) is 13.1 Å². The summed E-state index contributed by atoms with van der Waals surface area (Å²) in [5, 5.41) is 0. The molecule has 0 unspecified atom stereocenters. The van der Waals surface area contributed by atoms with Gasteiger partial charge in [0.25, 0.3) is 0 Å². The van der Waals surface area contributed by atoms with Gasteiger partial charge in [0.2, 0.25) is 10.0 Å². The lowest BCUT2D eigenvalue weighted by Gasteiger charge is -2.25. The summed E-state index contributed by atoms with van der Waals surface area (Å²) in [6.07, 6.45) is -3.86. The Hall–Kier alpha value is -1.08. The van der Waals surface area contributed by atoms with Crippen LogP contribution in [0.4, 0.5) is 13.2 Å². The molecule has 120 valence electrons. The number of rotatable bonds is 5. The first-order valence-corrected chi connectivity index (χ1v) is 8.15. The monoisotopic (exact) mass is 323 g/mol. The quantitative estimate of drug-likeness (QED) is 0.897. The molecule has 0 aliphatic heterocycles. The zero-order valence-corrected chi connectivity index (χ0v) is 13.3. The van der Waals surface area contributed by atoms with Gasteiger partial charge in [-0.05, 0) is 44.4 Å². The third-order valence-corrected chi connectivity index (χ3v) is 5.10. The summed E-state index contributed by atoms with van der Waals surface area (Å²) < 4.78 is 66.2. The molecule has 0 saturated heterocycles. The second-order valence-corrected chi connectivity index (χ2v) is 7.18. The molecular weight excluding hydrogens is 303 g/mol. The lowest BCUT2D eigenvalue weighted by atomic mass is 10.0. The lowest BCUT2D eigenvalue weighted by Crippen LogP contribution is -2.43. The molecule has 3 nitrogen and oxygen atoms in total. The van der Waals surface area contributed by atoms with Gasteiger partial charge in [0, 0.05) is 5.54 Å². The second-order valence-electron chi connectivity index (χ2n) is 5.52. The third-order valence-electron chi connectivity index (χ3n) is 3.34.